The standard InChI is InChI=1S/C11H16N.C2H4N.CH3.Ru/c1-4-10-7-5-6-8-11(10)9-12(2)3;1-2-3;;/h4-8H,9H2,1-3H3;2H,1H3;1H3;/q3*-1;+4. The van der Waals surface area contributed by atoms with E-state index in [0.29, 0.717) is 0 Å². The van der Waals surface area contributed by atoms with E-state index in [1.165, 1.54) is 11.1 Å². The smallest absolute Gasteiger partial charge is 0.814 e. The van der Waals surface area contributed by atoms with Crippen LogP contribution in [0.3, 0.4) is 0 Å². The van der Waals surface area contributed by atoms with E-state index in [1.54, 1.807) is 6.92 Å². The van der Waals surface area contributed by atoms with Gasteiger partial charge in [-0.05, 0) is 20.6 Å². The summed E-state index contributed by atoms with van der Waals surface area (Å²) >= 11 is 0. The molecule has 96 valence electrons. The molecule has 0 amide bonds. The molecule has 1 aromatic carbocycles. The van der Waals surface area contributed by atoms with Gasteiger partial charge in [-0.25, -0.2) is 6.21 Å². The van der Waals surface area contributed by atoms with Gasteiger partial charge in [0, 0.05) is 0 Å². The summed E-state index contributed by atoms with van der Waals surface area (Å²) < 4.78 is 0. The van der Waals surface area contributed by atoms with Gasteiger partial charge < -0.3 is 17.7 Å². The van der Waals surface area contributed by atoms with Crippen molar-refractivity contribution in [1.29, 1.82) is 0 Å². The quantitative estimate of drug-likeness (QED) is 0.476. The van der Waals surface area contributed by atoms with Gasteiger partial charge in [0.1, 0.15) is 0 Å². The zero-order valence-electron chi connectivity index (χ0n) is 11.4. The molecule has 0 saturated heterocycles. The minimum absolute atomic E-state index is 0. The Morgan fingerprint density at radius 1 is 1.29 bits per heavy atom. The molecule has 3 heteroatoms. The van der Waals surface area contributed by atoms with Gasteiger partial charge in [-0.15, -0.1) is 17.7 Å². The van der Waals surface area contributed by atoms with Gasteiger partial charge in [-0.1, -0.05) is 19.9 Å². The van der Waals surface area contributed by atoms with Crippen LogP contribution in [-0.4, -0.2) is 25.2 Å². The van der Waals surface area contributed by atoms with Crippen LogP contribution in [0.1, 0.15) is 25.0 Å². The molecule has 0 fully saturated rings. The van der Waals surface area contributed by atoms with Crippen LogP contribution in [0.5, 0.6) is 0 Å². The second kappa shape index (κ2) is 13.4. The van der Waals surface area contributed by atoms with E-state index >= 15 is 0 Å². The molecular formula is C14H23N2Ru+. The summed E-state index contributed by atoms with van der Waals surface area (Å²) in [6.45, 7) is 4.65. The summed E-state index contributed by atoms with van der Waals surface area (Å²) in [4.78, 5) is 2.18. The third kappa shape index (κ3) is 10.2. The van der Waals surface area contributed by atoms with E-state index in [2.05, 4.69) is 56.6 Å². The maximum absolute atomic E-state index is 7.44. The molecule has 0 unspecified atom stereocenters. The number of benzene rings is 1. The molecule has 0 saturated carbocycles. The molecule has 0 radical (unpaired) electrons. The summed E-state index contributed by atoms with van der Waals surface area (Å²) in [5.74, 6) is 0. The van der Waals surface area contributed by atoms with Crippen molar-refractivity contribution in [2.24, 2.45) is 0 Å². The van der Waals surface area contributed by atoms with Crippen molar-refractivity contribution in [3.63, 3.8) is 0 Å². The van der Waals surface area contributed by atoms with E-state index in [4.69, 9.17) is 5.41 Å². The molecule has 0 aromatic heterocycles. The van der Waals surface area contributed by atoms with Gasteiger partial charge in [-0.2, -0.15) is 18.1 Å². The van der Waals surface area contributed by atoms with Crippen molar-refractivity contribution >= 4 is 6.21 Å². The van der Waals surface area contributed by atoms with Crippen molar-refractivity contribution in [2.75, 3.05) is 14.1 Å². The molecule has 0 aliphatic carbocycles. The number of rotatable bonds is 3. The second-order valence-electron chi connectivity index (χ2n) is 3.48. The maximum Gasteiger partial charge on any atom is 4.00 e. The predicted molar refractivity (Wildman–Crippen MR) is 74.4 cm³/mol. The minimum atomic E-state index is 0. The Bertz CT molecular complexity index is 285. The van der Waals surface area contributed by atoms with E-state index in [0.717, 1.165) is 12.8 Å². The average molecular weight is 320 g/mol. The van der Waals surface area contributed by atoms with Gasteiger partial charge in [-0.3, -0.25) is 0 Å². The van der Waals surface area contributed by atoms with E-state index < -0.39 is 0 Å². The van der Waals surface area contributed by atoms with Crippen LogP contribution in [-0.2, 0) is 26.0 Å². The van der Waals surface area contributed by atoms with Crippen LogP contribution in [0.15, 0.2) is 24.3 Å². The summed E-state index contributed by atoms with van der Waals surface area (Å²) in [5.41, 5.74) is 2.73. The fourth-order valence-corrected chi connectivity index (χ4v) is 1.30. The third-order valence-corrected chi connectivity index (χ3v) is 1.85. The zero-order chi connectivity index (χ0) is 11.7. The maximum atomic E-state index is 7.44. The monoisotopic (exact) mass is 321 g/mol. The first kappa shape index (κ1) is 21.6. The summed E-state index contributed by atoms with van der Waals surface area (Å²) in [6, 6.07) is 8.49. The molecule has 0 N–H and O–H groups in total. The normalized spacial score (nSPS) is 8.06. The van der Waals surface area contributed by atoms with E-state index in [9.17, 15) is 0 Å². The Kier molecular flexibility index (Phi) is 17.0. The Morgan fingerprint density at radius 3 is 2.18 bits per heavy atom. The molecule has 0 atom stereocenters. The Hall–Kier alpha value is -0.657. The molecular weight excluding hydrogens is 297 g/mol. The van der Waals surface area contributed by atoms with Gasteiger partial charge in [0.05, 0.1) is 0 Å². The first-order valence-corrected chi connectivity index (χ1v) is 5.09. The van der Waals surface area contributed by atoms with Crippen LogP contribution >= 0.6 is 0 Å². The minimum Gasteiger partial charge on any atom is -0.814 e. The third-order valence-electron chi connectivity index (χ3n) is 1.85. The molecule has 0 spiro atoms. The molecule has 17 heavy (non-hydrogen) atoms. The number of hydrogen-bond acceptors (Lipinski definition) is 1. The molecule has 1 rings (SSSR count). The molecule has 0 aliphatic rings. The SMILES string of the molecule is CC=[N-].C[CH-]c1ccccc1CN(C)C.[CH3-].[Ru+4]. The Morgan fingerprint density at radius 2 is 1.76 bits per heavy atom. The summed E-state index contributed by atoms with van der Waals surface area (Å²) in [5, 5.41) is 7.44. The predicted octanol–water partition coefficient (Wildman–Crippen LogP) is 3.41. The van der Waals surface area contributed by atoms with E-state index in [-0.39, 0.29) is 26.9 Å². The fraction of sp³-hybridized carbons (Fsp3) is 0.357. The average Bonchev–Trinajstić information content (AvgIpc) is 2.19. The van der Waals surface area contributed by atoms with Crippen molar-refractivity contribution in [3.8, 4) is 0 Å². The van der Waals surface area contributed by atoms with Gasteiger partial charge >= 0.3 is 19.5 Å². The van der Waals surface area contributed by atoms with Crippen LogP contribution in [0, 0.1) is 13.8 Å². The van der Waals surface area contributed by atoms with Gasteiger partial charge in [0.15, 0.2) is 0 Å². The largest absolute Gasteiger partial charge is 4.00 e. The molecule has 2 nitrogen and oxygen atoms in total. The molecule has 1 aromatic rings. The number of hydrogen-bond donors (Lipinski definition) is 0. The van der Waals surface area contributed by atoms with Crippen LogP contribution in [0.4, 0.5) is 0 Å². The Balaban J connectivity index is -0.000000356. The van der Waals surface area contributed by atoms with E-state index in [1.807, 2.05) is 0 Å². The molecule has 0 heterocycles. The van der Waals surface area contributed by atoms with Crippen molar-refractivity contribution in [1.82, 2.24) is 4.90 Å². The Labute approximate surface area is 120 Å². The molecule has 0 bridgehead atoms. The van der Waals surface area contributed by atoms with Crippen molar-refractivity contribution in [3.05, 3.63) is 54.6 Å². The molecule has 0 aliphatic heterocycles. The number of nitrogens with zero attached hydrogens (tertiary/aromatic N) is 2. The second-order valence-corrected chi connectivity index (χ2v) is 3.48. The van der Waals surface area contributed by atoms with Crippen LogP contribution in [0.2, 0.25) is 0 Å². The topological polar surface area (TPSA) is 25.5 Å². The first-order chi connectivity index (χ1) is 7.15. The van der Waals surface area contributed by atoms with Crippen molar-refractivity contribution in [2.45, 2.75) is 20.4 Å². The van der Waals surface area contributed by atoms with Crippen LogP contribution in [0.25, 0.3) is 5.41 Å². The zero-order valence-corrected chi connectivity index (χ0v) is 13.2. The first-order valence-electron chi connectivity index (χ1n) is 5.09. The summed E-state index contributed by atoms with van der Waals surface area (Å²) in [7, 11) is 4.18. The van der Waals surface area contributed by atoms with Crippen molar-refractivity contribution < 1.29 is 19.5 Å². The van der Waals surface area contributed by atoms with Crippen LogP contribution < -0.4 is 0 Å². The van der Waals surface area contributed by atoms with Gasteiger partial charge in [0.25, 0.3) is 0 Å². The summed E-state index contributed by atoms with van der Waals surface area (Å²) in [6.07, 6.45) is 3.15. The van der Waals surface area contributed by atoms with Gasteiger partial charge in [0.2, 0.25) is 0 Å². The fourth-order valence-electron chi connectivity index (χ4n) is 1.30.